The number of anilines is 1. The Bertz CT molecular complexity index is 396. The molecule has 1 heterocycles. The first kappa shape index (κ1) is 9.84. The van der Waals surface area contributed by atoms with Gasteiger partial charge in [0.1, 0.15) is 5.82 Å². The van der Waals surface area contributed by atoms with E-state index in [1.807, 2.05) is 5.32 Å². The van der Waals surface area contributed by atoms with E-state index in [1.54, 1.807) is 6.92 Å². The van der Waals surface area contributed by atoms with Gasteiger partial charge in [-0.2, -0.15) is 4.98 Å². The molecule has 0 aromatic carbocycles. The molecule has 0 aliphatic heterocycles. The number of H-pyrrole nitrogens is 1. The molecule has 3 N–H and O–H groups in total. The van der Waals surface area contributed by atoms with Gasteiger partial charge in [-0.3, -0.25) is 20.0 Å². The summed E-state index contributed by atoms with van der Waals surface area (Å²) in [5.41, 5.74) is 0. The van der Waals surface area contributed by atoms with Crippen molar-refractivity contribution in [1.29, 1.82) is 0 Å². The van der Waals surface area contributed by atoms with Crippen molar-refractivity contribution in [2.45, 2.75) is 6.92 Å². The van der Waals surface area contributed by atoms with E-state index in [-0.39, 0.29) is 5.95 Å². The van der Waals surface area contributed by atoms with Crippen LogP contribution < -0.4 is 5.32 Å². The zero-order valence-electron chi connectivity index (χ0n) is 7.07. The molecule has 0 unspecified atom stereocenters. The summed E-state index contributed by atoms with van der Waals surface area (Å²) in [7, 11) is 0. The molecule has 1 aromatic heterocycles. The number of ketones is 1. The van der Waals surface area contributed by atoms with Gasteiger partial charge in [-0.05, 0) is 6.92 Å². The largest absolute Gasteiger partial charge is 0.475 e. The highest BCUT2D eigenvalue weighted by Crippen LogP contribution is 1.96. The third kappa shape index (κ3) is 2.12. The van der Waals surface area contributed by atoms with Crippen LogP contribution in [0.25, 0.3) is 0 Å². The maximum atomic E-state index is 10.8. The number of aliphatic carboxylic acids is 1. The number of carbonyl (C=O) groups is 3. The molecule has 0 fully saturated rings. The van der Waals surface area contributed by atoms with E-state index >= 15 is 0 Å². The minimum Gasteiger partial charge on any atom is -0.475 e. The Morgan fingerprint density at radius 2 is 2.07 bits per heavy atom. The van der Waals surface area contributed by atoms with Gasteiger partial charge in [0, 0.05) is 0 Å². The Balaban J connectivity index is 2.66. The predicted octanol–water partition coefficient (Wildman–Crippen LogP) is -1.29. The van der Waals surface area contributed by atoms with Crippen LogP contribution in [0.5, 0.6) is 0 Å². The first-order chi connectivity index (χ1) is 6.50. The zero-order chi connectivity index (χ0) is 10.7. The summed E-state index contributed by atoms with van der Waals surface area (Å²) in [5, 5.41) is 16.0. The maximum Gasteiger partial charge on any atom is 0.382 e. The van der Waals surface area contributed by atoms with Gasteiger partial charge >= 0.3 is 17.7 Å². The Labute approximate surface area is 77.3 Å². The molecule has 74 valence electrons. The summed E-state index contributed by atoms with van der Waals surface area (Å²) >= 11 is 0. The Morgan fingerprint density at radius 3 is 2.50 bits per heavy atom. The van der Waals surface area contributed by atoms with Crippen molar-refractivity contribution in [3.63, 3.8) is 0 Å². The van der Waals surface area contributed by atoms with E-state index in [9.17, 15) is 14.4 Å². The number of aromatic amines is 1. The van der Waals surface area contributed by atoms with E-state index in [4.69, 9.17) is 5.11 Å². The summed E-state index contributed by atoms with van der Waals surface area (Å²) in [5.74, 6) is -4.37. The first-order valence-electron chi connectivity index (χ1n) is 3.48. The normalized spacial score (nSPS) is 9.50. The molecule has 8 heteroatoms. The number of rotatable bonds is 3. The third-order valence-corrected chi connectivity index (χ3v) is 1.22. The highest BCUT2D eigenvalue weighted by molar-refractivity contribution is 6.63. The molecule has 1 amide bonds. The SMILES string of the molecule is Cc1nc(NC(=O)C(=O)C(=O)O)n[nH]1. The third-order valence-electron chi connectivity index (χ3n) is 1.22. The lowest BCUT2D eigenvalue weighted by Crippen LogP contribution is -2.29. The average molecular weight is 198 g/mol. The van der Waals surface area contributed by atoms with Crippen LogP contribution in [-0.2, 0) is 14.4 Å². The molecule has 0 saturated heterocycles. The van der Waals surface area contributed by atoms with Gasteiger partial charge in [0.2, 0.25) is 5.95 Å². The van der Waals surface area contributed by atoms with Crippen LogP contribution in [0.15, 0.2) is 0 Å². The summed E-state index contributed by atoms with van der Waals surface area (Å²) in [6, 6.07) is 0. The fourth-order valence-electron chi connectivity index (χ4n) is 0.654. The molecular formula is C6H6N4O4. The number of Topliss-reactive ketones (excluding diaryl/α,β-unsaturated/α-hetero) is 1. The van der Waals surface area contributed by atoms with Gasteiger partial charge in [-0.25, -0.2) is 4.79 Å². The molecule has 1 rings (SSSR count). The smallest absolute Gasteiger partial charge is 0.382 e. The first-order valence-corrected chi connectivity index (χ1v) is 3.48. The molecule has 1 aromatic rings. The van der Waals surface area contributed by atoms with Crippen molar-refractivity contribution in [1.82, 2.24) is 15.2 Å². The standard InChI is InChI=1S/C6H6N4O4/c1-2-7-6(10-9-2)8-4(12)3(11)5(13)14/h1H3,(H,13,14)(H2,7,8,9,10,12). The average Bonchev–Trinajstić information content (AvgIpc) is 2.49. The van der Waals surface area contributed by atoms with Crippen LogP contribution in [0.1, 0.15) is 5.82 Å². The van der Waals surface area contributed by atoms with E-state index < -0.39 is 17.7 Å². The summed E-state index contributed by atoms with van der Waals surface area (Å²) in [4.78, 5) is 35.1. The van der Waals surface area contributed by atoms with Crippen LogP contribution in [-0.4, -0.2) is 37.9 Å². The van der Waals surface area contributed by atoms with Crippen molar-refractivity contribution in [2.75, 3.05) is 5.32 Å². The van der Waals surface area contributed by atoms with Crippen LogP contribution in [0, 0.1) is 6.92 Å². The number of nitrogens with one attached hydrogen (secondary N) is 2. The Morgan fingerprint density at radius 1 is 1.43 bits per heavy atom. The van der Waals surface area contributed by atoms with Gasteiger partial charge in [0.25, 0.3) is 0 Å². The van der Waals surface area contributed by atoms with Crippen molar-refractivity contribution < 1.29 is 19.5 Å². The monoisotopic (exact) mass is 198 g/mol. The molecule has 0 aliphatic carbocycles. The van der Waals surface area contributed by atoms with E-state index in [2.05, 4.69) is 15.2 Å². The van der Waals surface area contributed by atoms with Crippen LogP contribution in [0.3, 0.4) is 0 Å². The van der Waals surface area contributed by atoms with Crippen molar-refractivity contribution in [3.8, 4) is 0 Å². The van der Waals surface area contributed by atoms with Crippen LogP contribution in [0.4, 0.5) is 5.95 Å². The van der Waals surface area contributed by atoms with E-state index in [0.717, 1.165) is 0 Å². The second-order valence-corrected chi connectivity index (χ2v) is 2.33. The fraction of sp³-hybridized carbons (Fsp3) is 0.167. The molecular weight excluding hydrogens is 192 g/mol. The Hall–Kier alpha value is -2.25. The number of hydrogen-bond donors (Lipinski definition) is 3. The summed E-state index contributed by atoms with van der Waals surface area (Å²) in [6.45, 7) is 1.58. The number of nitrogens with zero attached hydrogens (tertiary/aromatic N) is 2. The number of carboxylic acid groups (broad SMARTS) is 1. The number of carbonyl (C=O) groups excluding carboxylic acids is 2. The fourth-order valence-corrected chi connectivity index (χ4v) is 0.654. The molecule has 0 bridgehead atoms. The highest BCUT2D eigenvalue weighted by Gasteiger charge is 2.22. The van der Waals surface area contributed by atoms with Gasteiger partial charge < -0.3 is 5.11 Å². The lowest BCUT2D eigenvalue weighted by molar-refractivity contribution is -0.152. The summed E-state index contributed by atoms with van der Waals surface area (Å²) < 4.78 is 0. The lowest BCUT2D eigenvalue weighted by atomic mass is 10.4. The summed E-state index contributed by atoms with van der Waals surface area (Å²) in [6.07, 6.45) is 0. The molecule has 0 atom stereocenters. The van der Waals surface area contributed by atoms with Gasteiger partial charge in [0.15, 0.2) is 0 Å². The van der Waals surface area contributed by atoms with Crippen molar-refractivity contribution in [2.24, 2.45) is 0 Å². The molecule has 14 heavy (non-hydrogen) atoms. The minimum atomic E-state index is -1.82. The number of aryl methyl sites for hydroxylation is 1. The second-order valence-electron chi connectivity index (χ2n) is 2.33. The second kappa shape index (κ2) is 3.64. The van der Waals surface area contributed by atoms with Gasteiger partial charge in [-0.15, -0.1) is 5.10 Å². The molecule has 0 aliphatic rings. The lowest BCUT2D eigenvalue weighted by Gasteiger charge is -1.94. The predicted molar refractivity (Wildman–Crippen MR) is 42.4 cm³/mol. The topological polar surface area (TPSA) is 125 Å². The quantitative estimate of drug-likeness (QED) is 0.409. The maximum absolute atomic E-state index is 10.8. The van der Waals surface area contributed by atoms with E-state index in [1.165, 1.54) is 0 Å². The molecule has 8 nitrogen and oxygen atoms in total. The van der Waals surface area contributed by atoms with Crippen molar-refractivity contribution in [3.05, 3.63) is 5.82 Å². The van der Waals surface area contributed by atoms with Gasteiger partial charge in [0.05, 0.1) is 0 Å². The number of amides is 1. The Kier molecular flexibility index (Phi) is 2.56. The number of hydrogen-bond acceptors (Lipinski definition) is 5. The number of carboxylic acids is 1. The molecule has 0 spiro atoms. The van der Waals surface area contributed by atoms with E-state index in [0.29, 0.717) is 5.82 Å². The molecule has 0 saturated carbocycles. The van der Waals surface area contributed by atoms with Crippen LogP contribution >= 0.6 is 0 Å². The highest BCUT2D eigenvalue weighted by atomic mass is 16.4. The van der Waals surface area contributed by atoms with Crippen molar-refractivity contribution >= 4 is 23.6 Å². The van der Waals surface area contributed by atoms with Crippen LogP contribution in [0.2, 0.25) is 0 Å². The van der Waals surface area contributed by atoms with Gasteiger partial charge in [-0.1, -0.05) is 0 Å². The molecule has 0 radical (unpaired) electrons. The number of aromatic nitrogens is 3. The zero-order valence-corrected chi connectivity index (χ0v) is 7.07. The minimum absolute atomic E-state index is 0.137.